The summed E-state index contributed by atoms with van der Waals surface area (Å²) in [5.74, 6) is 0.491. The van der Waals surface area contributed by atoms with Crippen LogP contribution in [0, 0.1) is 13.8 Å². The van der Waals surface area contributed by atoms with Gasteiger partial charge in [-0.1, -0.05) is 0 Å². The van der Waals surface area contributed by atoms with Gasteiger partial charge in [-0.2, -0.15) is 0 Å². The number of esters is 2. The molecule has 0 unspecified atom stereocenters. The zero-order valence-electron chi connectivity index (χ0n) is 18.8. The van der Waals surface area contributed by atoms with Gasteiger partial charge in [0.1, 0.15) is 17.1 Å². The average molecular weight is 425 g/mol. The van der Waals surface area contributed by atoms with Crippen LogP contribution in [-0.2, 0) is 19.1 Å². The predicted octanol–water partition coefficient (Wildman–Crippen LogP) is 4.65. The first-order chi connectivity index (χ1) is 14.5. The van der Waals surface area contributed by atoms with Gasteiger partial charge in [0.2, 0.25) is 0 Å². The standard InChI is InChI=1S/C24H27NO6/c1-11-19-21(31-24(5,6)23(30-14(4)27)22(19)29-13(3)26)12(2)18-16-10-15(28-7)8-9-17(16)25-20(11)18/h8-10,22-23,25H,1-7H3/t22-,23-/m1/s1. The zero-order valence-corrected chi connectivity index (χ0v) is 18.8. The highest BCUT2D eigenvalue weighted by Gasteiger charge is 2.50. The highest BCUT2D eigenvalue weighted by Crippen LogP contribution is 2.50. The third-order valence-electron chi connectivity index (χ3n) is 5.94. The van der Waals surface area contributed by atoms with Crippen molar-refractivity contribution in [1.82, 2.24) is 4.98 Å². The molecule has 2 atom stereocenters. The molecule has 2 heterocycles. The summed E-state index contributed by atoms with van der Waals surface area (Å²) in [6, 6.07) is 5.87. The number of aromatic amines is 1. The van der Waals surface area contributed by atoms with Gasteiger partial charge in [0.05, 0.1) is 12.6 Å². The van der Waals surface area contributed by atoms with Crippen LogP contribution in [0.25, 0.3) is 21.8 Å². The molecule has 1 aliphatic heterocycles. The van der Waals surface area contributed by atoms with Crippen molar-refractivity contribution in [2.75, 3.05) is 7.11 Å². The Hall–Kier alpha value is -3.22. The first kappa shape index (κ1) is 21.0. The summed E-state index contributed by atoms with van der Waals surface area (Å²) >= 11 is 0. The molecule has 164 valence electrons. The quantitative estimate of drug-likeness (QED) is 0.615. The lowest BCUT2D eigenvalue weighted by Gasteiger charge is -2.44. The van der Waals surface area contributed by atoms with Crippen LogP contribution in [0.4, 0.5) is 0 Å². The van der Waals surface area contributed by atoms with Crippen molar-refractivity contribution in [3.63, 3.8) is 0 Å². The van der Waals surface area contributed by atoms with Gasteiger partial charge in [-0.25, -0.2) is 0 Å². The molecular formula is C24H27NO6. The van der Waals surface area contributed by atoms with Gasteiger partial charge in [0, 0.05) is 41.3 Å². The van der Waals surface area contributed by atoms with Crippen molar-refractivity contribution in [2.45, 2.75) is 59.4 Å². The topological polar surface area (TPSA) is 86.8 Å². The smallest absolute Gasteiger partial charge is 0.303 e. The number of fused-ring (bicyclic) bond motifs is 4. The first-order valence-corrected chi connectivity index (χ1v) is 10.2. The molecular weight excluding hydrogens is 398 g/mol. The van der Waals surface area contributed by atoms with Crippen molar-refractivity contribution in [3.05, 3.63) is 34.9 Å². The minimum absolute atomic E-state index is 0.454. The Labute approximate surface area is 180 Å². The molecule has 0 amide bonds. The molecule has 0 spiro atoms. The lowest BCUT2D eigenvalue weighted by atomic mass is 9.83. The second-order valence-electron chi connectivity index (χ2n) is 8.54. The van der Waals surface area contributed by atoms with Gasteiger partial charge in [-0.3, -0.25) is 9.59 Å². The molecule has 4 rings (SSSR count). The number of hydrogen-bond acceptors (Lipinski definition) is 6. The van der Waals surface area contributed by atoms with Gasteiger partial charge in [0.15, 0.2) is 12.2 Å². The van der Waals surface area contributed by atoms with Gasteiger partial charge in [0.25, 0.3) is 0 Å². The van der Waals surface area contributed by atoms with Crippen LogP contribution in [0.5, 0.6) is 11.5 Å². The molecule has 1 N–H and O–H groups in total. The number of hydrogen-bond donors (Lipinski definition) is 1. The summed E-state index contributed by atoms with van der Waals surface area (Å²) in [6.07, 6.45) is -1.58. The summed E-state index contributed by atoms with van der Waals surface area (Å²) in [5, 5.41) is 2.04. The summed E-state index contributed by atoms with van der Waals surface area (Å²) in [5.41, 5.74) is 3.48. The molecule has 7 nitrogen and oxygen atoms in total. The van der Waals surface area contributed by atoms with E-state index in [2.05, 4.69) is 4.98 Å². The normalized spacial score (nSPS) is 19.6. The van der Waals surface area contributed by atoms with E-state index >= 15 is 0 Å². The molecule has 7 heteroatoms. The molecule has 1 aromatic heterocycles. The molecule has 31 heavy (non-hydrogen) atoms. The third kappa shape index (κ3) is 3.28. The van der Waals surface area contributed by atoms with E-state index in [9.17, 15) is 9.59 Å². The van der Waals surface area contributed by atoms with Gasteiger partial charge < -0.3 is 23.9 Å². The minimum atomic E-state index is -0.909. The number of rotatable bonds is 3. The molecule has 0 aliphatic carbocycles. The molecule has 2 aromatic carbocycles. The number of benzene rings is 2. The highest BCUT2D eigenvalue weighted by atomic mass is 16.6. The SMILES string of the molecule is COc1ccc2[nH]c3c(C)c4c(c(C)c3c2c1)OC(C)(C)[C@H](OC(C)=O)[C@@H]4OC(C)=O. The largest absolute Gasteiger partial charge is 0.497 e. The van der Waals surface area contributed by atoms with E-state index in [4.69, 9.17) is 18.9 Å². The van der Waals surface area contributed by atoms with Crippen molar-refractivity contribution in [2.24, 2.45) is 0 Å². The van der Waals surface area contributed by atoms with E-state index in [1.54, 1.807) is 7.11 Å². The molecule has 0 saturated heterocycles. The van der Waals surface area contributed by atoms with E-state index < -0.39 is 29.7 Å². The summed E-state index contributed by atoms with van der Waals surface area (Å²) in [7, 11) is 1.64. The Morgan fingerprint density at radius 1 is 1.06 bits per heavy atom. The van der Waals surface area contributed by atoms with Crippen LogP contribution in [-0.4, -0.2) is 35.7 Å². The Balaban J connectivity index is 2.06. The number of nitrogens with one attached hydrogen (secondary N) is 1. The van der Waals surface area contributed by atoms with E-state index in [0.29, 0.717) is 11.3 Å². The van der Waals surface area contributed by atoms with Crippen molar-refractivity contribution in [3.8, 4) is 11.5 Å². The van der Waals surface area contributed by atoms with Crippen molar-refractivity contribution < 1.29 is 28.5 Å². The van der Waals surface area contributed by atoms with Crippen LogP contribution in [0.3, 0.4) is 0 Å². The molecule has 0 bridgehead atoms. The number of carbonyl (C=O) groups is 2. The fourth-order valence-corrected chi connectivity index (χ4v) is 4.58. The number of methoxy groups -OCH3 is 1. The molecule has 0 fully saturated rings. The van der Waals surface area contributed by atoms with Crippen LogP contribution in [0.2, 0.25) is 0 Å². The van der Waals surface area contributed by atoms with Gasteiger partial charge in [-0.05, 0) is 51.5 Å². The second kappa shape index (κ2) is 7.18. The number of H-pyrrole nitrogens is 1. The van der Waals surface area contributed by atoms with Crippen molar-refractivity contribution >= 4 is 33.7 Å². The van der Waals surface area contributed by atoms with Gasteiger partial charge in [-0.15, -0.1) is 0 Å². The van der Waals surface area contributed by atoms with Crippen LogP contribution in [0.15, 0.2) is 18.2 Å². The predicted molar refractivity (Wildman–Crippen MR) is 117 cm³/mol. The third-order valence-corrected chi connectivity index (χ3v) is 5.94. The van der Waals surface area contributed by atoms with Crippen LogP contribution < -0.4 is 9.47 Å². The minimum Gasteiger partial charge on any atom is -0.497 e. The Morgan fingerprint density at radius 2 is 1.74 bits per heavy atom. The summed E-state index contributed by atoms with van der Waals surface area (Å²) < 4.78 is 23.2. The maximum atomic E-state index is 12.0. The van der Waals surface area contributed by atoms with E-state index in [-0.39, 0.29) is 0 Å². The fourth-order valence-electron chi connectivity index (χ4n) is 4.58. The first-order valence-electron chi connectivity index (χ1n) is 10.2. The van der Waals surface area contributed by atoms with Crippen LogP contribution >= 0.6 is 0 Å². The zero-order chi connectivity index (χ0) is 22.7. The van der Waals surface area contributed by atoms with Crippen LogP contribution in [0.1, 0.15) is 50.5 Å². The highest BCUT2D eigenvalue weighted by molar-refractivity contribution is 6.11. The van der Waals surface area contributed by atoms with E-state index in [1.807, 2.05) is 45.9 Å². The monoisotopic (exact) mass is 425 g/mol. The maximum Gasteiger partial charge on any atom is 0.303 e. The Bertz CT molecular complexity index is 1220. The number of aryl methyl sites for hydroxylation is 2. The second-order valence-corrected chi connectivity index (χ2v) is 8.54. The molecule has 0 radical (unpaired) electrons. The van der Waals surface area contributed by atoms with E-state index in [1.165, 1.54) is 13.8 Å². The average Bonchev–Trinajstić information content (AvgIpc) is 3.07. The van der Waals surface area contributed by atoms with E-state index in [0.717, 1.165) is 38.7 Å². The molecule has 3 aromatic rings. The Kier molecular flexibility index (Phi) is 4.87. The fraction of sp³-hybridized carbons (Fsp3) is 0.417. The molecule has 1 aliphatic rings. The maximum absolute atomic E-state index is 12.0. The van der Waals surface area contributed by atoms with Crippen molar-refractivity contribution in [1.29, 1.82) is 0 Å². The number of ether oxygens (including phenoxy) is 4. The number of carbonyl (C=O) groups excluding carboxylic acids is 2. The number of aromatic nitrogens is 1. The summed E-state index contributed by atoms with van der Waals surface area (Å²) in [4.78, 5) is 27.3. The lowest BCUT2D eigenvalue weighted by Crippen LogP contribution is -2.52. The summed E-state index contributed by atoms with van der Waals surface area (Å²) in [6.45, 7) is 10.3. The lowest BCUT2D eigenvalue weighted by molar-refractivity contribution is -0.188. The molecule has 0 saturated carbocycles. The Morgan fingerprint density at radius 3 is 2.35 bits per heavy atom. The van der Waals surface area contributed by atoms with Gasteiger partial charge >= 0.3 is 11.9 Å².